The smallest absolute Gasteiger partial charge is 0.243 e. The molecular formula is C20H25ClN2O3S. The molecule has 5 nitrogen and oxygen atoms in total. The molecule has 2 aromatic rings. The Morgan fingerprint density at radius 2 is 1.74 bits per heavy atom. The van der Waals surface area contributed by atoms with Crippen molar-refractivity contribution in [1.82, 2.24) is 5.32 Å². The van der Waals surface area contributed by atoms with Crippen molar-refractivity contribution in [3.63, 3.8) is 0 Å². The zero-order chi connectivity index (χ0) is 19.9. The van der Waals surface area contributed by atoms with Gasteiger partial charge < -0.3 is 5.32 Å². The molecule has 0 spiro atoms. The van der Waals surface area contributed by atoms with Gasteiger partial charge in [-0.25, -0.2) is 8.42 Å². The first-order chi connectivity index (χ1) is 12.8. The van der Waals surface area contributed by atoms with Crippen LogP contribution in [0.2, 0.25) is 5.02 Å². The Hall–Kier alpha value is -2.05. The molecule has 0 aliphatic rings. The second-order valence-corrected chi connectivity index (χ2v) is 8.64. The topological polar surface area (TPSA) is 66.5 Å². The van der Waals surface area contributed by atoms with Crippen LogP contribution in [0, 0.1) is 0 Å². The molecular weight excluding hydrogens is 384 g/mol. The Kier molecular flexibility index (Phi) is 7.68. The van der Waals surface area contributed by atoms with Gasteiger partial charge in [-0.1, -0.05) is 48.9 Å². The van der Waals surface area contributed by atoms with Crippen LogP contribution in [0.3, 0.4) is 0 Å². The van der Waals surface area contributed by atoms with Gasteiger partial charge in [-0.05, 0) is 49.1 Å². The Bertz CT molecular complexity index is 839. The molecule has 0 aliphatic heterocycles. The molecule has 2 aromatic carbocycles. The van der Waals surface area contributed by atoms with Gasteiger partial charge in [-0.2, -0.15) is 0 Å². The molecule has 0 saturated heterocycles. The van der Waals surface area contributed by atoms with E-state index >= 15 is 0 Å². The van der Waals surface area contributed by atoms with Crippen molar-refractivity contribution < 1.29 is 13.2 Å². The van der Waals surface area contributed by atoms with Crippen molar-refractivity contribution in [3.8, 4) is 0 Å². The van der Waals surface area contributed by atoms with Gasteiger partial charge in [-0.15, -0.1) is 0 Å². The van der Waals surface area contributed by atoms with E-state index in [1.807, 2.05) is 30.3 Å². The molecule has 1 amide bonds. The number of hydrogen-bond acceptors (Lipinski definition) is 3. The SMILES string of the molecule is CC[C@H](C(=O)NCCCc1ccc(Cl)cc1)N(c1ccccc1)S(C)(=O)=O. The molecule has 27 heavy (non-hydrogen) atoms. The molecule has 0 saturated carbocycles. The van der Waals surface area contributed by atoms with E-state index in [9.17, 15) is 13.2 Å². The highest BCUT2D eigenvalue weighted by atomic mass is 35.5. The number of amides is 1. The summed E-state index contributed by atoms with van der Waals surface area (Å²) < 4.78 is 25.8. The monoisotopic (exact) mass is 408 g/mol. The van der Waals surface area contributed by atoms with Crippen LogP contribution < -0.4 is 9.62 Å². The summed E-state index contributed by atoms with van der Waals surface area (Å²) in [6.45, 7) is 2.28. The summed E-state index contributed by atoms with van der Waals surface area (Å²) in [4.78, 5) is 12.7. The van der Waals surface area contributed by atoms with Crippen molar-refractivity contribution >= 4 is 33.2 Å². The van der Waals surface area contributed by atoms with Gasteiger partial charge in [0.2, 0.25) is 15.9 Å². The maximum atomic E-state index is 12.7. The van der Waals surface area contributed by atoms with E-state index in [4.69, 9.17) is 11.6 Å². The Labute approximate surface area is 166 Å². The average Bonchev–Trinajstić information content (AvgIpc) is 2.64. The minimum atomic E-state index is -3.59. The van der Waals surface area contributed by atoms with Crippen LogP contribution in [0.25, 0.3) is 0 Å². The third-order valence-electron chi connectivity index (χ3n) is 4.20. The molecule has 0 unspecified atom stereocenters. The highest BCUT2D eigenvalue weighted by molar-refractivity contribution is 7.92. The summed E-state index contributed by atoms with van der Waals surface area (Å²) in [6, 6.07) is 15.5. The summed E-state index contributed by atoms with van der Waals surface area (Å²) in [5, 5.41) is 3.56. The summed E-state index contributed by atoms with van der Waals surface area (Å²) in [5.41, 5.74) is 1.63. The van der Waals surface area contributed by atoms with E-state index in [0.29, 0.717) is 23.7 Å². The van der Waals surface area contributed by atoms with Crippen LogP contribution in [-0.2, 0) is 21.2 Å². The number of anilines is 1. The van der Waals surface area contributed by atoms with E-state index in [-0.39, 0.29) is 5.91 Å². The quantitative estimate of drug-likeness (QED) is 0.644. The number of sulfonamides is 1. The molecule has 1 atom stereocenters. The van der Waals surface area contributed by atoms with Crippen molar-refractivity contribution in [3.05, 3.63) is 65.2 Å². The first-order valence-corrected chi connectivity index (χ1v) is 11.1. The second kappa shape index (κ2) is 9.76. The lowest BCUT2D eigenvalue weighted by Gasteiger charge is -2.30. The lowest BCUT2D eigenvalue weighted by molar-refractivity contribution is -0.122. The van der Waals surface area contributed by atoms with Crippen LogP contribution in [-0.4, -0.2) is 33.2 Å². The predicted octanol–water partition coefficient (Wildman–Crippen LogP) is 3.63. The van der Waals surface area contributed by atoms with Crippen molar-refractivity contribution in [2.24, 2.45) is 0 Å². The minimum absolute atomic E-state index is 0.289. The standard InChI is InChI=1S/C20H25ClN2O3S/c1-3-19(23(27(2,25)26)18-9-5-4-6-10-18)20(24)22-15-7-8-16-11-13-17(21)14-12-16/h4-6,9-14,19H,3,7-8,15H2,1-2H3,(H,22,24)/t19-/m1/s1. The molecule has 0 radical (unpaired) electrons. The van der Waals surface area contributed by atoms with Gasteiger partial charge in [0.05, 0.1) is 11.9 Å². The first-order valence-electron chi connectivity index (χ1n) is 8.89. The molecule has 146 valence electrons. The number of nitrogens with zero attached hydrogens (tertiary/aromatic N) is 1. The number of para-hydroxylation sites is 1. The van der Waals surface area contributed by atoms with Gasteiger partial charge in [-0.3, -0.25) is 9.10 Å². The Morgan fingerprint density at radius 3 is 2.30 bits per heavy atom. The molecule has 0 bridgehead atoms. The maximum Gasteiger partial charge on any atom is 0.243 e. The van der Waals surface area contributed by atoms with Crippen LogP contribution in [0.15, 0.2) is 54.6 Å². The Balaban J connectivity index is 1.99. The highest BCUT2D eigenvalue weighted by Crippen LogP contribution is 2.22. The predicted molar refractivity (Wildman–Crippen MR) is 111 cm³/mol. The lowest BCUT2D eigenvalue weighted by Crippen LogP contribution is -2.49. The normalized spacial score (nSPS) is 12.4. The van der Waals surface area contributed by atoms with Crippen LogP contribution in [0.1, 0.15) is 25.3 Å². The largest absolute Gasteiger partial charge is 0.354 e. The summed E-state index contributed by atoms with van der Waals surface area (Å²) in [7, 11) is -3.59. The molecule has 0 aliphatic carbocycles. The fraction of sp³-hybridized carbons (Fsp3) is 0.350. The van der Waals surface area contributed by atoms with Crippen molar-refractivity contribution in [2.45, 2.75) is 32.2 Å². The molecule has 7 heteroatoms. The zero-order valence-electron chi connectivity index (χ0n) is 15.6. The van der Waals surface area contributed by atoms with Gasteiger partial charge in [0.15, 0.2) is 0 Å². The lowest BCUT2D eigenvalue weighted by atomic mass is 10.1. The van der Waals surface area contributed by atoms with Gasteiger partial charge in [0.25, 0.3) is 0 Å². The van der Waals surface area contributed by atoms with E-state index in [2.05, 4.69) is 5.32 Å². The average molecular weight is 409 g/mol. The van der Waals surface area contributed by atoms with Gasteiger partial charge in [0.1, 0.15) is 6.04 Å². The maximum absolute atomic E-state index is 12.7. The molecule has 1 N–H and O–H groups in total. The Morgan fingerprint density at radius 1 is 1.11 bits per heavy atom. The zero-order valence-corrected chi connectivity index (χ0v) is 17.1. The van der Waals surface area contributed by atoms with E-state index in [1.54, 1.807) is 31.2 Å². The number of aryl methyl sites for hydroxylation is 1. The van der Waals surface area contributed by atoms with Crippen LogP contribution in [0.4, 0.5) is 5.69 Å². The summed E-state index contributed by atoms with van der Waals surface area (Å²) in [6.07, 6.45) is 3.07. The number of benzene rings is 2. The van der Waals surface area contributed by atoms with Gasteiger partial charge >= 0.3 is 0 Å². The second-order valence-electron chi connectivity index (χ2n) is 6.34. The third-order valence-corrected chi connectivity index (χ3v) is 5.63. The van der Waals surface area contributed by atoms with E-state index in [0.717, 1.165) is 24.7 Å². The fourth-order valence-corrected chi connectivity index (χ4v) is 4.25. The number of carbonyl (C=O) groups excluding carboxylic acids is 1. The number of carbonyl (C=O) groups is 1. The summed E-state index contributed by atoms with van der Waals surface area (Å²) in [5.74, 6) is -0.289. The molecule has 0 fully saturated rings. The van der Waals surface area contributed by atoms with Crippen LogP contribution >= 0.6 is 11.6 Å². The fourth-order valence-electron chi connectivity index (χ4n) is 2.91. The minimum Gasteiger partial charge on any atom is -0.354 e. The molecule has 2 rings (SSSR count). The number of halogens is 1. The number of hydrogen-bond donors (Lipinski definition) is 1. The third kappa shape index (κ3) is 6.26. The van der Waals surface area contributed by atoms with E-state index in [1.165, 1.54) is 4.31 Å². The van der Waals surface area contributed by atoms with Crippen molar-refractivity contribution in [1.29, 1.82) is 0 Å². The molecule has 0 heterocycles. The first kappa shape index (κ1) is 21.3. The highest BCUT2D eigenvalue weighted by Gasteiger charge is 2.31. The van der Waals surface area contributed by atoms with Crippen molar-refractivity contribution in [2.75, 3.05) is 17.1 Å². The van der Waals surface area contributed by atoms with E-state index < -0.39 is 16.1 Å². The number of nitrogens with one attached hydrogen (secondary N) is 1. The van der Waals surface area contributed by atoms with Gasteiger partial charge in [0, 0.05) is 11.6 Å². The molecule has 0 aromatic heterocycles. The summed E-state index contributed by atoms with van der Waals surface area (Å²) >= 11 is 5.87. The number of rotatable bonds is 9. The van der Waals surface area contributed by atoms with Crippen LogP contribution in [0.5, 0.6) is 0 Å².